The van der Waals surface area contributed by atoms with Crippen LogP contribution < -0.4 is 4.74 Å². The van der Waals surface area contributed by atoms with Gasteiger partial charge in [0.1, 0.15) is 23.2 Å². The Labute approximate surface area is 205 Å². The minimum Gasteiger partial charge on any atom is -0.466 e. The van der Waals surface area contributed by atoms with Crippen molar-refractivity contribution in [2.45, 2.75) is 44.8 Å². The minimum atomic E-state index is -1.89. The average molecular weight is 479 g/mol. The SMILES string of the molecule is COC(=O)C(C#N)(N=Nc1ccc(Oc2ccccc2)cc1)C1CCCN(C(=O)OC(C)(C)C)C1. The summed E-state index contributed by atoms with van der Waals surface area (Å²) < 4.78 is 16.2. The second kappa shape index (κ2) is 11.0. The number of amides is 1. The number of methoxy groups -OCH3 is 1. The van der Waals surface area contributed by atoms with Gasteiger partial charge in [-0.2, -0.15) is 15.5 Å². The highest BCUT2D eigenvalue weighted by Gasteiger charge is 2.50. The fraction of sp³-hybridized carbons (Fsp3) is 0.423. The van der Waals surface area contributed by atoms with Gasteiger partial charge in [0.2, 0.25) is 0 Å². The first-order chi connectivity index (χ1) is 16.7. The number of rotatable bonds is 6. The molecule has 2 aromatic carbocycles. The Morgan fingerprint density at radius 2 is 1.71 bits per heavy atom. The third-order valence-corrected chi connectivity index (χ3v) is 5.47. The summed E-state index contributed by atoms with van der Waals surface area (Å²) in [5.74, 6) is -0.118. The van der Waals surface area contributed by atoms with E-state index in [2.05, 4.69) is 10.2 Å². The molecule has 1 fully saturated rings. The largest absolute Gasteiger partial charge is 0.466 e. The first-order valence-electron chi connectivity index (χ1n) is 11.4. The van der Waals surface area contributed by atoms with Gasteiger partial charge in [0.05, 0.1) is 12.8 Å². The maximum atomic E-state index is 12.8. The van der Waals surface area contributed by atoms with Crippen LogP contribution in [0.4, 0.5) is 10.5 Å². The predicted molar refractivity (Wildman–Crippen MR) is 128 cm³/mol. The summed E-state index contributed by atoms with van der Waals surface area (Å²) in [6.07, 6.45) is 0.598. The third-order valence-electron chi connectivity index (χ3n) is 5.47. The number of piperidine rings is 1. The average Bonchev–Trinajstić information content (AvgIpc) is 2.85. The lowest BCUT2D eigenvalue weighted by atomic mass is 9.80. The zero-order valence-electron chi connectivity index (χ0n) is 20.4. The maximum Gasteiger partial charge on any atom is 0.410 e. The predicted octanol–water partition coefficient (Wildman–Crippen LogP) is 5.65. The van der Waals surface area contributed by atoms with Crippen molar-refractivity contribution in [3.63, 3.8) is 0 Å². The molecule has 0 N–H and O–H groups in total. The zero-order valence-corrected chi connectivity index (χ0v) is 20.4. The van der Waals surface area contributed by atoms with Gasteiger partial charge in [0.25, 0.3) is 5.54 Å². The van der Waals surface area contributed by atoms with Crippen molar-refractivity contribution in [3.05, 3.63) is 54.6 Å². The van der Waals surface area contributed by atoms with Crippen molar-refractivity contribution in [1.82, 2.24) is 4.90 Å². The number of nitriles is 1. The van der Waals surface area contributed by atoms with E-state index in [-0.39, 0.29) is 6.54 Å². The number of likely N-dealkylation sites (tertiary alicyclic amines) is 1. The third kappa shape index (κ3) is 6.57. The maximum absolute atomic E-state index is 12.8. The molecule has 35 heavy (non-hydrogen) atoms. The summed E-state index contributed by atoms with van der Waals surface area (Å²) in [7, 11) is 1.20. The minimum absolute atomic E-state index is 0.125. The molecule has 0 bridgehead atoms. The molecule has 1 aliphatic heterocycles. The lowest BCUT2D eigenvalue weighted by Crippen LogP contribution is -2.52. The van der Waals surface area contributed by atoms with Crippen molar-refractivity contribution in [1.29, 1.82) is 5.26 Å². The number of benzene rings is 2. The standard InChI is InChI=1S/C26H30N4O5/c1-25(2,3)35-24(32)30-16-8-9-19(17-30)26(18-27,23(31)33-4)29-28-20-12-14-22(15-13-20)34-21-10-6-5-7-11-21/h5-7,10-15,19H,8-9,16-17H2,1-4H3. The van der Waals surface area contributed by atoms with Crippen molar-refractivity contribution < 1.29 is 23.8 Å². The number of carbonyl (C=O) groups is 2. The highest BCUT2D eigenvalue weighted by Crippen LogP contribution is 2.34. The van der Waals surface area contributed by atoms with Gasteiger partial charge in [0, 0.05) is 19.0 Å². The zero-order chi connectivity index (χ0) is 25.5. The Bertz CT molecular complexity index is 1090. The van der Waals surface area contributed by atoms with E-state index in [1.807, 2.05) is 36.4 Å². The van der Waals surface area contributed by atoms with Crippen molar-refractivity contribution in [2.75, 3.05) is 20.2 Å². The smallest absolute Gasteiger partial charge is 0.410 e. The number of hydrogen-bond acceptors (Lipinski definition) is 8. The molecule has 2 unspecified atom stereocenters. The number of azo groups is 1. The molecule has 1 heterocycles. The van der Waals surface area contributed by atoms with E-state index in [1.165, 1.54) is 12.0 Å². The second-order valence-corrected chi connectivity index (χ2v) is 9.24. The molecule has 2 aromatic rings. The van der Waals surface area contributed by atoms with Gasteiger partial charge in [-0.15, -0.1) is 0 Å². The lowest BCUT2D eigenvalue weighted by Gasteiger charge is -2.37. The Kier molecular flexibility index (Phi) is 8.07. The van der Waals surface area contributed by atoms with E-state index < -0.39 is 29.1 Å². The first kappa shape index (κ1) is 25.7. The van der Waals surface area contributed by atoms with E-state index in [4.69, 9.17) is 14.2 Å². The highest BCUT2D eigenvalue weighted by atomic mass is 16.6. The number of para-hydroxylation sites is 1. The summed E-state index contributed by atoms with van der Waals surface area (Å²) in [5, 5.41) is 18.4. The second-order valence-electron chi connectivity index (χ2n) is 9.24. The van der Waals surface area contributed by atoms with Crippen molar-refractivity contribution in [2.24, 2.45) is 16.1 Å². The molecule has 0 radical (unpaired) electrons. The monoisotopic (exact) mass is 478 g/mol. The summed E-state index contributed by atoms with van der Waals surface area (Å²) in [4.78, 5) is 26.9. The molecule has 1 saturated heterocycles. The van der Waals surface area contributed by atoms with Gasteiger partial charge in [-0.1, -0.05) is 18.2 Å². The van der Waals surface area contributed by atoms with E-state index in [0.717, 1.165) is 0 Å². The van der Waals surface area contributed by atoms with Gasteiger partial charge in [-0.3, -0.25) is 0 Å². The molecule has 1 aliphatic rings. The molecule has 9 heteroatoms. The normalized spacial score (nSPS) is 17.8. The van der Waals surface area contributed by atoms with Gasteiger partial charge >= 0.3 is 12.1 Å². The van der Waals surface area contributed by atoms with Crippen LogP contribution in [0.2, 0.25) is 0 Å². The van der Waals surface area contributed by atoms with Gasteiger partial charge in [0.15, 0.2) is 0 Å². The molecule has 184 valence electrons. The Morgan fingerprint density at radius 3 is 2.31 bits per heavy atom. The molecule has 3 rings (SSSR count). The molecular formula is C26H30N4O5. The quantitative estimate of drug-likeness (QED) is 0.392. The van der Waals surface area contributed by atoms with E-state index in [1.54, 1.807) is 45.0 Å². The molecule has 0 aliphatic carbocycles. The number of carbonyl (C=O) groups excluding carboxylic acids is 2. The molecule has 2 atom stereocenters. The van der Waals surface area contributed by atoms with Crippen LogP contribution in [0.5, 0.6) is 11.5 Å². The number of esters is 1. The van der Waals surface area contributed by atoms with Crippen molar-refractivity contribution in [3.8, 4) is 17.6 Å². The summed E-state index contributed by atoms with van der Waals surface area (Å²) in [6.45, 7) is 5.94. The van der Waals surface area contributed by atoms with E-state index in [0.29, 0.717) is 36.6 Å². The fourth-order valence-electron chi connectivity index (χ4n) is 3.76. The molecular weight excluding hydrogens is 448 g/mol. The van der Waals surface area contributed by atoms with E-state index in [9.17, 15) is 14.9 Å². The first-order valence-corrected chi connectivity index (χ1v) is 11.4. The Morgan fingerprint density at radius 1 is 1.06 bits per heavy atom. The van der Waals surface area contributed by atoms with Crippen LogP contribution >= 0.6 is 0 Å². The van der Waals surface area contributed by atoms with Crippen LogP contribution in [0.25, 0.3) is 0 Å². The topological polar surface area (TPSA) is 114 Å². The summed E-state index contributed by atoms with van der Waals surface area (Å²) in [6, 6.07) is 18.2. The van der Waals surface area contributed by atoms with Crippen LogP contribution in [0.15, 0.2) is 64.8 Å². The van der Waals surface area contributed by atoms with E-state index >= 15 is 0 Å². The number of ether oxygens (including phenoxy) is 3. The molecule has 0 saturated carbocycles. The molecule has 0 aromatic heterocycles. The highest BCUT2D eigenvalue weighted by molar-refractivity contribution is 5.85. The van der Waals surface area contributed by atoms with Crippen molar-refractivity contribution >= 4 is 17.7 Å². The fourth-order valence-corrected chi connectivity index (χ4v) is 3.76. The number of nitrogens with zero attached hydrogens (tertiary/aromatic N) is 4. The molecule has 9 nitrogen and oxygen atoms in total. The number of hydrogen-bond donors (Lipinski definition) is 0. The van der Waals surface area contributed by atoms with Gasteiger partial charge in [-0.25, -0.2) is 9.59 Å². The van der Waals surface area contributed by atoms with Gasteiger partial charge in [-0.05, 0) is 70.0 Å². The lowest BCUT2D eigenvalue weighted by molar-refractivity contribution is -0.147. The molecule has 1 amide bonds. The summed E-state index contributed by atoms with van der Waals surface area (Å²) in [5.41, 5.74) is -2.11. The Hall–Kier alpha value is -3.93. The van der Waals surface area contributed by atoms with Crippen LogP contribution in [-0.2, 0) is 14.3 Å². The van der Waals surface area contributed by atoms with Crippen LogP contribution in [0.3, 0.4) is 0 Å². The van der Waals surface area contributed by atoms with Gasteiger partial charge < -0.3 is 19.1 Å². The van der Waals surface area contributed by atoms with Crippen LogP contribution in [-0.4, -0.2) is 48.3 Å². The molecule has 0 spiro atoms. The van der Waals surface area contributed by atoms with Crippen LogP contribution in [0.1, 0.15) is 33.6 Å². The summed E-state index contributed by atoms with van der Waals surface area (Å²) >= 11 is 0. The Balaban J connectivity index is 1.80. The van der Waals surface area contributed by atoms with Crippen LogP contribution in [0, 0.1) is 17.2 Å².